The second kappa shape index (κ2) is 4.49. The van der Waals surface area contributed by atoms with E-state index < -0.39 is 0 Å². The molecule has 102 valence electrons. The minimum Gasteiger partial charge on any atom is -0.372 e. The topological polar surface area (TPSA) is 55.6 Å². The summed E-state index contributed by atoms with van der Waals surface area (Å²) in [4.78, 5) is 14.7. The fourth-order valence-corrected chi connectivity index (χ4v) is 4.27. The van der Waals surface area contributed by atoms with Crippen LogP contribution in [0, 0.1) is 17.8 Å². The van der Waals surface area contributed by atoms with E-state index >= 15 is 0 Å². The van der Waals surface area contributed by atoms with Crippen molar-refractivity contribution in [2.45, 2.75) is 51.4 Å². The largest absolute Gasteiger partial charge is 0.372 e. The maximum Gasteiger partial charge on any atom is 0.227 e. The molecule has 3 fully saturated rings. The Bertz CT molecular complexity index is 335. The number of morpholine rings is 1. The quantitative estimate of drug-likeness (QED) is 0.757. The van der Waals surface area contributed by atoms with Gasteiger partial charge in [0.1, 0.15) is 0 Å². The standard InChI is InChI=1S/C14H24N2O2/c1-8-6-16(7-9(2)18-8)14(17)12-10-3-4-11(5-10)13(12)15/h8-13H,3-7,15H2,1-2H3/t8-,9+,10?,11?,12?,13?. The summed E-state index contributed by atoms with van der Waals surface area (Å²) in [6.45, 7) is 5.53. The molecule has 1 saturated heterocycles. The van der Waals surface area contributed by atoms with Crippen LogP contribution in [0.1, 0.15) is 33.1 Å². The van der Waals surface area contributed by atoms with Gasteiger partial charge in [0.25, 0.3) is 0 Å². The van der Waals surface area contributed by atoms with Crippen molar-refractivity contribution >= 4 is 5.91 Å². The van der Waals surface area contributed by atoms with Crippen molar-refractivity contribution < 1.29 is 9.53 Å². The molecular formula is C14H24N2O2. The van der Waals surface area contributed by atoms with Gasteiger partial charge < -0.3 is 15.4 Å². The van der Waals surface area contributed by atoms with E-state index in [1.807, 2.05) is 18.7 Å². The highest BCUT2D eigenvalue weighted by Crippen LogP contribution is 2.48. The lowest BCUT2D eigenvalue weighted by atomic mass is 9.84. The van der Waals surface area contributed by atoms with Crippen LogP contribution in [-0.4, -0.2) is 42.1 Å². The van der Waals surface area contributed by atoms with Crippen molar-refractivity contribution in [1.29, 1.82) is 0 Å². The Kier molecular flexibility index (Phi) is 3.10. The molecule has 4 heteroatoms. The molecule has 2 bridgehead atoms. The molecule has 0 aromatic rings. The number of nitrogens with zero attached hydrogens (tertiary/aromatic N) is 1. The first-order valence-electron chi connectivity index (χ1n) is 7.26. The lowest BCUT2D eigenvalue weighted by Gasteiger charge is -2.39. The number of hydrogen-bond donors (Lipinski definition) is 1. The van der Waals surface area contributed by atoms with Gasteiger partial charge in [-0.3, -0.25) is 4.79 Å². The Morgan fingerprint density at radius 2 is 1.78 bits per heavy atom. The molecule has 2 aliphatic carbocycles. The molecule has 18 heavy (non-hydrogen) atoms. The van der Waals surface area contributed by atoms with Crippen LogP contribution in [0.4, 0.5) is 0 Å². The second-order valence-corrected chi connectivity index (χ2v) is 6.44. The van der Waals surface area contributed by atoms with Gasteiger partial charge in [0, 0.05) is 19.1 Å². The van der Waals surface area contributed by atoms with E-state index in [0.29, 0.717) is 11.8 Å². The number of ether oxygens (including phenoxy) is 1. The van der Waals surface area contributed by atoms with Crippen LogP contribution < -0.4 is 5.73 Å². The van der Waals surface area contributed by atoms with Crippen molar-refractivity contribution in [2.75, 3.05) is 13.1 Å². The molecular weight excluding hydrogens is 228 g/mol. The summed E-state index contributed by atoms with van der Waals surface area (Å²) in [7, 11) is 0. The summed E-state index contributed by atoms with van der Waals surface area (Å²) in [5, 5.41) is 0. The minimum atomic E-state index is 0.0845. The third-order valence-electron chi connectivity index (χ3n) is 5.00. The normalized spacial score (nSPS) is 47.6. The van der Waals surface area contributed by atoms with Gasteiger partial charge in [-0.15, -0.1) is 0 Å². The molecule has 4 nitrogen and oxygen atoms in total. The second-order valence-electron chi connectivity index (χ2n) is 6.44. The monoisotopic (exact) mass is 252 g/mol. The van der Waals surface area contributed by atoms with Gasteiger partial charge in [0.15, 0.2) is 0 Å². The molecule has 0 aromatic heterocycles. The highest BCUT2D eigenvalue weighted by Gasteiger charge is 2.50. The van der Waals surface area contributed by atoms with Crippen molar-refractivity contribution in [3.8, 4) is 0 Å². The zero-order valence-electron chi connectivity index (χ0n) is 11.3. The predicted octanol–water partition coefficient (Wildman–Crippen LogP) is 0.996. The first kappa shape index (κ1) is 12.4. The number of fused-ring (bicyclic) bond motifs is 2. The summed E-state index contributed by atoms with van der Waals surface area (Å²) in [5.41, 5.74) is 6.26. The van der Waals surface area contributed by atoms with E-state index in [-0.39, 0.29) is 30.1 Å². The SMILES string of the molecule is C[C@@H]1CN(C(=O)C2C3CCC(C3)C2N)C[C@H](C)O1. The van der Waals surface area contributed by atoms with E-state index in [0.717, 1.165) is 13.1 Å². The van der Waals surface area contributed by atoms with Crippen LogP contribution in [0.3, 0.4) is 0 Å². The Labute approximate surface area is 109 Å². The first-order chi connectivity index (χ1) is 8.56. The minimum absolute atomic E-state index is 0.0845. The van der Waals surface area contributed by atoms with Crippen LogP contribution in [0.15, 0.2) is 0 Å². The number of amides is 1. The molecule has 0 radical (unpaired) electrons. The van der Waals surface area contributed by atoms with E-state index in [4.69, 9.17) is 10.5 Å². The molecule has 1 heterocycles. The number of carbonyl (C=O) groups excluding carboxylic acids is 1. The third-order valence-corrected chi connectivity index (χ3v) is 5.00. The average Bonchev–Trinajstić information content (AvgIpc) is 2.87. The summed E-state index contributed by atoms with van der Waals surface area (Å²) in [6.07, 6.45) is 3.89. The van der Waals surface area contributed by atoms with E-state index in [2.05, 4.69) is 0 Å². The van der Waals surface area contributed by atoms with Gasteiger partial charge >= 0.3 is 0 Å². The van der Waals surface area contributed by atoms with Crippen LogP contribution in [0.25, 0.3) is 0 Å². The van der Waals surface area contributed by atoms with Gasteiger partial charge in [-0.2, -0.15) is 0 Å². The molecule has 6 atom stereocenters. The predicted molar refractivity (Wildman–Crippen MR) is 68.9 cm³/mol. The number of hydrogen-bond acceptors (Lipinski definition) is 3. The van der Waals surface area contributed by atoms with Crippen LogP contribution in [-0.2, 0) is 9.53 Å². The van der Waals surface area contributed by atoms with Crippen LogP contribution in [0.2, 0.25) is 0 Å². The van der Waals surface area contributed by atoms with Gasteiger partial charge in [-0.1, -0.05) is 0 Å². The van der Waals surface area contributed by atoms with E-state index in [9.17, 15) is 4.79 Å². The number of carbonyl (C=O) groups is 1. The Morgan fingerprint density at radius 3 is 2.33 bits per heavy atom. The average molecular weight is 252 g/mol. The molecule has 2 N–H and O–H groups in total. The lowest BCUT2D eigenvalue weighted by molar-refractivity contribution is -0.149. The highest BCUT2D eigenvalue weighted by atomic mass is 16.5. The Morgan fingerprint density at radius 1 is 1.17 bits per heavy atom. The molecule has 1 amide bonds. The molecule has 0 spiro atoms. The number of nitrogens with two attached hydrogens (primary N) is 1. The van der Waals surface area contributed by atoms with Crippen molar-refractivity contribution in [2.24, 2.45) is 23.5 Å². The molecule has 2 saturated carbocycles. The Balaban J connectivity index is 1.71. The fraction of sp³-hybridized carbons (Fsp3) is 0.929. The molecule has 1 aliphatic heterocycles. The third kappa shape index (κ3) is 1.95. The van der Waals surface area contributed by atoms with Gasteiger partial charge in [0.05, 0.1) is 18.1 Å². The number of rotatable bonds is 1. The van der Waals surface area contributed by atoms with Gasteiger partial charge in [-0.25, -0.2) is 0 Å². The molecule has 3 aliphatic rings. The summed E-state index contributed by atoms with van der Waals surface area (Å²) >= 11 is 0. The summed E-state index contributed by atoms with van der Waals surface area (Å²) < 4.78 is 5.69. The summed E-state index contributed by atoms with van der Waals surface area (Å²) in [6, 6.07) is 0.102. The zero-order chi connectivity index (χ0) is 12.9. The lowest BCUT2D eigenvalue weighted by Crippen LogP contribution is -2.53. The smallest absolute Gasteiger partial charge is 0.227 e. The van der Waals surface area contributed by atoms with Crippen LogP contribution >= 0.6 is 0 Å². The first-order valence-corrected chi connectivity index (χ1v) is 7.26. The van der Waals surface area contributed by atoms with E-state index in [1.54, 1.807) is 0 Å². The fourth-order valence-electron chi connectivity index (χ4n) is 4.27. The molecule has 4 unspecified atom stereocenters. The van der Waals surface area contributed by atoms with Crippen LogP contribution in [0.5, 0.6) is 0 Å². The van der Waals surface area contributed by atoms with Crippen molar-refractivity contribution in [3.05, 3.63) is 0 Å². The van der Waals surface area contributed by atoms with E-state index in [1.165, 1.54) is 19.3 Å². The zero-order valence-corrected chi connectivity index (χ0v) is 11.3. The Hall–Kier alpha value is -0.610. The molecule has 0 aromatic carbocycles. The molecule has 3 rings (SSSR count). The highest BCUT2D eigenvalue weighted by molar-refractivity contribution is 5.80. The maximum atomic E-state index is 12.7. The van der Waals surface area contributed by atoms with Gasteiger partial charge in [0.2, 0.25) is 5.91 Å². The maximum absolute atomic E-state index is 12.7. The van der Waals surface area contributed by atoms with Gasteiger partial charge in [-0.05, 0) is 44.9 Å². The summed E-state index contributed by atoms with van der Waals surface area (Å²) in [5.74, 6) is 1.52. The van der Waals surface area contributed by atoms with Crippen molar-refractivity contribution in [3.63, 3.8) is 0 Å². The van der Waals surface area contributed by atoms with Crippen molar-refractivity contribution in [1.82, 2.24) is 4.90 Å².